The van der Waals surface area contributed by atoms with E-state index in [1.807, 2.05) is 13.8 Å². The maximum atomic E-state index is 12.2. The summed E-state index contributed by atoms with van der Waals surface area (Å²) in [6.07, 6.45) is 3.81. The summed E-state index contributed by atoms with van der Waals surface area (Å²) in [4.78, 5) is 0. The summed E-state index contributed by atoms with van der Waals surface area (Å²) in [5.74, 6) is 0.713. The second kappa shape index (κ2) is 8.41. The summed E-state index contributed by atoms with van der Waals surface area (Å²) >= 11 is 0. The average Bonchev–Trinajstić information content (AvgIpc) is 2.52. The molecular formula is C14H30N4O4S2. The molecule has 0 bridgehead atoms. The molecule has 2 fully saturated rings. The van der Waals surface area contributed by atoms with Crippen LogP contribution in [0.25, 0.3) is 0 Å². The predicted octanol–water partition coefficient (Wildman–Crippen LogP) is 0.119. The van der Waals surface area contributed by atoms with Gasteiger partial charge in [-0.3, -0.25) is 0 Å². The Morgan fingerprint density at radius 2 is 1.17 bits per heavy atom. The molecule has 10 heteroatoms. The van der Waals surface area contributed by atoms with Crippen LogP contribution in [-0.4, -0.2) is 64.7 Å². The minimum Gasteiger partial charge on any atom is -0.201 e. The molecule has 2 atom stereocenters. The lowest BCUT2D eigenvalue weighted by molar-refractivity contribution is 0.277. The van der Waals surface area contributed by atoms with Gasteiger partial charge in [0.15, 0.2) is 0 Å². The molecule has 2 saturated heterocycles. The number of hydrogen-bond donors (Lipinski definition) is 2. The third-order valence-electron chi connectivity index (χ3n) is 4.61. The molecule has 0 aromatic carbocycles. The van der Waals surface area contributed by atoms with E-state index < -0.39 is 20.4 Å². The van der Waals surface area contributed by atoms with Gasteiger partial charge in [-0.1, -0.05) is 13.8 Å². The van der Waals surface area contributed by atoms with E-state index in [1.165, 1.54) is 8.61 Å². The first-order valence-electron chi connectivity index (χ1n) is 8.70. The van der Waals surface area contributed by atoms with Crippen molar-refractivity contribution in [2.45, 2.75) is 39.5 Å². The zero-order valence-corrected chi connectivity index (χ0v) is 16.2. The van der Waals surface area contributed by atoms with Crippen molar-refractivity contribution in [3.05, 3.63) is 0 Å². The van der Waals surface area contributed by atoms with Gasteiger partial charge in [0.1, 0.15) is 0 Å². The topological polar surface area (TPSA) is 98.8 Å². The van der Waals surface area contributed by atoms with Crippen molar-refractivity contribution < 1.29 is 16.8 Å². The Bertz CT molecular complexity index is 554. The molecule has 0 aromatic rings. The maximum absolute atomic E-state index is 12.2. The Hall–Kier alpha value is -0.260. The highest BCUT2D eigenvalue weighted by Gasteiger charge is 2.28. The Balaban J connectivity index is 1.77. The smallest absolute Gasteiger partial charge is 0.201 e. The molecule has 0 radical (unpaired) electrons. The molecule has 0 aromatic heterocycles. The molecule has 142 valence electrons. The van der Waals surface area contributed by atoms with Gasteiger partial charge >= 0.3 is 0 Å². The summed E-state index contributed by atoms with van der Waals surface area (Å²) < 4.78 is 56.8. The number of piperidine rings is 2. The molecule has 2 N–H and O–H groups in total. The quantitative estimate of drug-likeness (QED) is 0.611. The first kappa shape index (κ1) is 20.1. The van der Waals surface area contributed by atoms with Crippen molar-refractivity contribution in [1.29, 1.82) is 0 Å². The van der Waals surface area contributed by atoms with Gasteiger partial charge in [-0.15, -0.1) is 0 Å². The Labute approximate surface area is 146 Å². The fourth-order valence-electron chi connectivity index (χ4n) is 3.27. The molecule has 2 heterocycles. The summed E-state index contributed by atoms with van der Waals surface area (Å²) in [6.45, 7) is 6.27. The van der Waals surface area contributed by atoms with Gasteiger partial charge in [0, 0.05) is 39.3 Å². The van der Waals surface area contributed by atoms with Gasteiger partial charge in [0.2, 0.25) is 0 Å². The van der Waals surface area contributed by atoms with Crippen LogP contribution >= 0.6 is 0 Å². The van der Waals surface area contributed by atoms with E-state index in [0.29, 0.717) is 38.0 Å². The van der Waals surface area contributed by atoms with Crippen molar-refractivity contribution in [1.82, 2.24) is 18.1 Å². The summed E-state index contributed by atoms with van der Waals surface area (Å²) in [5, 5.41) is 0. The second-order valence-corrected chi connectivity index (χ2v) is 10.5. The van der Waals surface area contributed by atoms with Gasteiger partial charge in [0.25, 0.3) is 20.4 Å². The SMILES string of the molecule is CC1CCCN(S(=O)(=O)NCCNS(=O)(=O)N2CCCC(C)C2)C1. The summed E-state index contributed by atoms with van der Waals surface area (Å²) in [5.41, 5.74) is 0. The second-order valence-electron chi connectivity index (χ2n) is 7.01. The van der Waals surface area contributed by atoms with Crippen LogP contribution in [0.5, 0.6) is 0 Å². The zero-order chi connectivity index (χ0) is 17.8. The van der Waals surface area contributed by atoms with E-state index in [9.17, 15) is 16.8 Å². The Morgan fingerprint density at radius 1 is 0.792 bits per heavy atom. The Morgan fingerprint density at radius 3 is 1.50 bits per heavy atom. The number of rotatable bonds is 7. The molecule has 8 nitrogen and oxygen atoms in total. The van der Waals surface area contributed by atoms with E-state index >= 15 is 0 Å². The number of nitrogens with one attached hydrogen (secondary N) is 2. The van der Waals surface area contributed by atoms with Crippen LogP contribution in [0.1, 0.15) is 39.5 Å². The fourth-order valence-corrected chi connectivity index (χ4v) is 6.00. The molecular weight excluding hydrogens is 352 g/mol. The maximum Gasteiger partial charge on any atom is 0.279 e. The number of nitrogens with zero attached hydrogens (tertiary/aromatic N) is 2. The highest BCUT2D eigenvalue weighted by Crippen LogP contribution is 2.18. The largest absolute Gasteiger partial charge is 0.279 e. The van der Waals surface area contributed by atoms with Crippen LogP contribution in [0.3, 0.4) is 0 Å². The summed E-state index contributed by atoms with van der Waals surface area (Å²) in [7, 11) is -7.07. The molecule has 2 unspecified atom stereocenters. The van der Waals surface area contributed by atoms with Crippen LogP contribution in [-0.2, 0) is 20.4 Å². The van der Waals surface area contributed by atoms with Crippen LogP contribution in [0.2, 0.25) is 0 Å². The lowest BCUT2D eigenvalue weighted by atomic mass is 10.0. The first-order valence-corrected chi connectivity index (χ1v) is 11.6. The van der Waals surface area contributed by atoms with Crippen molar-refractivity contribution in [2.24, 2.45) is 11.8 Å². The third kappa shape index (κ3) is 5.63. The average molecular weight is 383 g/mol. The van der Waals surface area contributed by atoms with Crippen LogP contribution in [0.15, 0.2) is 0 Å². The predicted molar refractivity (Wildman–Crippen MR) is 93.8 cm³/mol. The minimum atomic E-state index is -3.53. The lowest BCUT2D eigenvalue weighted by Crippen LogP contribution is -2.49. The Kier molecular flexibility index (Phi) is 7.03. The van der Waals surface area contributed by atoms with Crippen molar-refractivity contribution in [3.63, 3.8) is 0 Å². The van der Waals surface area contributed by atoms with E-state index in [4.69, 9.17) is 0 Å². The number of hydrogen-bond acceptors (Lipinski definition) is 4. The molecule has 2 rings (SSSR count). The van der Waals surface area contributed by atoms with Crippen LogP contribution < -0.4 is 9.44 Å². The molecule has 0 spiro atoms. The van der Waals surface area contributed by atoms with Crippen LogP contribution in [0.4, 0.5) is 0 Å². The van der Waals surface area contributed by atoms with Gasteiger partial charge in [-0.25, -0.2) is 9.44 Å². The van der Waals surface area contributed by atoms with E-state index in [1.54, 1.807) is 0 Å². The minimum absolute atomic E-state index is 0.0514. The van der Waals surface area contributed by atoms with Gasteiger partial charge < -0.3 is 0 Å². The highest BCUT2D eigenvalue weighted by molar-refractivity contribution is 7.87. The van der Waals surface area contributed by atoms with Gasteiger partial charge in [-0.05, 0) is 37.5 Å². The summed E-state index contributed by atoms with van der Waals surface area (Å²) in [6, 6.07) is 0. The highest BCUT2D eigenvalue weighted by atomic mass is 32.2. The molecule has 0 amide bonds. The normalized spacial score (nSPS) is 28.1. The van der Waals surface area contributed by atoms with Crippen molar-refractivity contribution in [3.8, 4) is 0 Å². The lowest BCUT2D eigenvalue weighted by Gasteiger charge is -2.30. The van der Waals surface area contributed by atoms with Crippen molar-refractivity contribution in [2.75, 3.05) is 39.3 Å². The fraction of sp³-hybridized carbons (Fsp3) is 1.00. The zero-order valence-electron chi connectivity index (χ0n) is 14.6. The molecule has 2 aliphatic heterocycles. The molecule has 24 heavy (non-hydrogen) atoms. The third-order valence-corrected chi connectivity index (χ3v) is 7.77. The van der Waals surface area contributed by atoms with E-state index in [0.717, 1.165) is 25.7 Å². The van der Waals surface area contributed by atoms with E-state index in [2.05, 4.69) is 9.44 Å². The molecule has 2 aliphatic rings. The monoisotopic (exact) mass is 382 g/mol. The standard InChI is InChI=1S/C14H30N4O4S2/c1-13-5-3-9-17(11-13)23(19,20)15-7-8-16-24(21,22)18-10-4-6-14(2)12-18/h13-16H,3-12H2,1-2H3. The van der Waals surface area contributed by atoms with Crippen molar-refractivity contribution >= 4 is 20.4 Å². The van der Waals surface area contributed by atoms with Gasteiger partial charge in [-0.2, -0.15) is 25.4 Å². The van der Waals surface area contributed by atoms with Gasteiger partial charge in [0.05, 0.1) is 0 Å². The van der Waals surface area contributed by atoms with Crippen LogP contribution in [0, 0.1) is 11.8 Å². The molecule has 0 aliphatic carbocycles. The van der Waals surface area contributed by atoms with E-state index in [-0.39, 0.29) is 13.1 Å². The molecule has 0 saturated carbocycles. The first-order chi connectivity index (χ1) is 11.2.